The number of pyridine rings is 1. The van der Waals surface area contributed by atoms with Crippen molar-refractivity contribution in [3.8, 4) is 0 Å². The molecule has 3 aliphatic heterocycles. The van der Waals surface area contributed by atoms with E-state index in [-0.39, 0.29) is 11.9 Å². The molecule has 2 aromatic heterocycles. The third kappa shape index (κ3) is 3.20. The highest BCUT2D eigenvalue weighted by Crippen LogP contribution is 2.34. The van der Waals surface area contributed by atoms with Gasteiger partial charge in [-0.2, -0.15) is 0 Å². The molecule has 3 aromatic rings. The molecule has 0 radical (unpaired) electrons. The second-order valence-corrected chi connectivity index (χ2v) is 8.16. The minimum atomic E-state index is -0.108. The number of hydrogen-bond acceptors (Lipinski definition) is 4. The fourth-order valence-electron chi connectivity index (χ4n) is 4.88. The Kier molecular flexibility index (Phi) is 4.40. The summed E-state index contributed by atoms with van der Waals surface area (Å²) in [6.45, 7) is 4.28. The Balaban J connectivity index is 1.38. The summed E-state index contributed by atoms with van der Waals surface area (Å²) < 4.78 is 5.82. The largest absolute Gasteiger partial charge is 0.451 e. The summed E-state index contributed by atoms with van der Waals surface area (Å²) in [5.74, 6) is 0.822. The second kappa shape index (κ2) is 7.06. The number of carbonyl (C=O) groups is 1. The van der Waals surface area contributed by atoms with Gasteiger partial charge in [-0.25, -0.2) is 0 Å². The van der Waals surface area contributed by atoms with Crippen LogP contribution in [-0.4, -0.2) is 41.0 Å². The number of benzene rings is 1. The van der Waals surface area contributed by atoms with E-state index in [4.69, 9.17) is 4.42 Å². The Hall–Kier alpha value is -2.66. The number of furan rings is 1. The van der Waals surface area contributed by atoms with Gasteiger partial charge < -0.3 is 9.73 Å². The van der Waals surface area contributed by atoms with E-state index >= 15 is 0 Å². The lowest BCUT2D eigenvalue weighted by Gasteiger charge is -2.51. The van der Waals surface area contributed by atoms with E-state index in [2.05, 4.69) is 27.3 Å². The fourth-order valence-corrected chi connectivity index (χ4v) is 4.88. The van der Waals surface area contributed by atoms with Gasteiger partial charge in [0, 0.05) is 29.9 Å². The van der Waals surface area contributed by atoms with Crippen LogP contribution >= 0.6 is 0 Å². The zero-order valence-corrected chi connectivity index (χ0v) is 16.1. The summed E-state index contributed by atoms with van der Waals surface area (Å²) in [5.41, 5.74) is 3.14. The van der Waals surface area contributed by atoms with Gasteiger partial charge in [-0.3, -0.25) is 14.7 Å². The molecule has 2 atom stereocenters. The van der Waals surface area contributed by atoms with E-state index in [0.717, 1.165) is 48.9 Å². The molecule has 5 heterocycles. The van der Waals surface area contributed by atoms with Gasteiger partial charge in [-0.15, -0.1) is 0 Å². The Labute approximate surface area is 164 Å². The van der Waals surface area contributed by atoms with Crippen LogP contribution < -0.4 is 5.32 Å². The van der Waals surface area contributed by atoms with E-state index < -0.39 is 0 Å². The number of rotatable bonds is 4. The number of aromatic nitrogens is 1. The van der Waals surface area contributed by atoms with E-state index in [1.807, 2.05) is 37.4 Å². The van der Waals surface area contributed by atoms with Gasteiger partial charge in [0.05, 0.1) is 0 Å². The van der Waals surface area contributed by atoms with Crippen molar-refractivity contribution in [1.29, 1.82) is 0 Å². The van der Waals surface area contributed by atoms with Crippen molar-refractivity contribution in [3.05, 3.63) is 65.7 Å². The molecule has 0 spiro atoms. The van der Waals surface area contributed by atoms with Crippen molar-refractivity contribution in [2.24, 2.45) is 5.92 Å². The molecule has 5 heteroatoms. The number of hydrogen-bond donors (Lipinski definition) is 1. The third-order valence-corrected chi connectivity index (χ3v) is 6.33. The standard InChI is InChI=1S/C23H25N3O2/c1-15-4-5-20-18(11-15)13-21(28-20)23(27)25-22-17-6-9-26(10-7-17)19(22)12-16-3-2-8-24-14-16/h2-5,8,11,13-14,17,19,22H,6-7,9-10,12H2,1H3,(H,25,27)/t19-,22+/m0/s1. The Morgan fingerprint density at radius 3 is 2.89 bits per heavy atom. The number of carbonyl (C=O) groups excluding carboxylic acids is 1. The quantitative estimate of drug-likeness (QED) is 0.757. The average Bonchev–Trinajstić information content (AvgIpc) is 3.14. The van der Waals surface area contributed by atoms with Crippen LogP contribution in [0, 0.1) is 12.8 Å². The van der Waals surface area contributed by atoms with Crippen LogP contribution in [0.15, 0.2) is 53.2 Å². The monoisotopic (exact) mass is 375 g/mol. The lowest BCUT2D eigenvalue weighted by Crippen LogP contribution is -2.64. The lowest BCUT2D eigenvalue weighted by molar-refractivity contribution is 0.0131. The molecule has 3 saturated heterocycles. The molecule has 5 nitrogen and oxygen atoms in total. The first-order chi connectivity index (χ1) is 13.7. The molecule has 144 valence electrons. The highest BCUT2D eigenvalue weighted by molar-refractivity contribution is 5.96. The lowest BCUT2D eigenvalue weighted by atomic mass is 9.76. The predicted molar refractivity (Wildman–Crippen MR) is 108 cm³/mol. The first-order valence-electron chi connectivity index (χ1n) is 10.1. The molecule has 0 saturated carbocycles. The minimum absolute atomic E-state index is 0.108. The Bertz CT molecular complexity index is 990. The number of piperidine rings is 3. The Morgan fingerprint density at radius 2 is 2.11 bits per heavy atom. The molecule has 1 N–H and O–H groups in total. The van der Waals surface area contributed by atoms with Crippen molar-refractivity contribution in [3.63, 3.8) is 0 Å². The second-order valence-electron chi connectivity index (χ2n) is 8.16. The molecular weight excluding hydrogens is 350 g/mol. The third-order valence-electron chi connectivity index (χ3n) is 6.33. The van der Waals surface area contributed by atoms with E-state index in [9.17, 15) is 4.79 Å². The SMILES string of the molecule is Cc1ccc2oc(C(=O)N[C@@H]3C4CCN(CC4)[C@H]3Cc3cccnc3)cc2c1. The molecule has 2 bridgehead atoms. The highest BCUT2D eigenvalue weighted by atomic mass is 16.3. The van der Waals surface area contributed by atoms with Crippen LogP contribution in [0.25, 0.3) is 11.0 Å². The summed E-state index contributed by atoms with van der Waals surface area (Å²) >= 11 is 0. The van der Waals surface area contributed by atoms with Gasteiger partial charge in [-0.05, 0) is 75.0 Å². The molecule has 1 aromatic carbocycles. The molecule has 3 fully saturated rings. The van der Waals surface area contributed by atoms with Crippen molar-refractivity contribution in [2.45, 2.75) is 38.3 Å². The normalized spacial score (nSPS) is 26.5. The van der Waals surface area contributed by atoms with Gasteiger partial charge in [-0.1, -0.05) is 17.7 Å². The first-order valence-corrected chi connectivity index (χ1v) is 10.1. The molecule has 1 amide bonds. The number of amides is 1. The van der Waals surface area contributed by atoms with Crippen LogP contribution in [0.4, 0.5) is 0 Å². The van der Waals surface area contributed by atoms with E-state index in [0.29, 0.717) is 17.7 Å². The van der Waals surface area contributed by atoms with Gasteiger partial charge in [0.15, 0.2) is 5.76 Å². The molecular formula is C23H25N3O2. The van der Waals surface area contributed by atoms with Gasteiger partial charge >= 0.3 is 0 Å². The van der Waals surface area contributed by atoms with Crippen LogP contribution in [-0.2, 0) is 6.42 Å². The van der Waals surface area contributed by atoms with Crippen molar-refractivity contribution >= 4 is 16.9 Å². The average molecular weight is 375 g/mol. The van der Waals surface area contributed by atoms with Gasteiger partial charge in [0.25, 0.3) is 5.91 Å². The van der Waals surface area contributed by atoms with Crippen molar-refractivity contribution in [1.82, 2.24) is 15.2 Å². The van der Waals surface area contributed by atoms with E-state index in [1.165, 1.54) is 5.56 Å². The fraction of sp³-hybridized carbons (Fsp3) is 0.391. The number of nitrogens with zero attached hydrogens (tertiary/aromatic N) is 2. The highest BCUT2D eigenvalue weighted by Gasteiger charge is 2.43. The summed E-state index contributed by atoms with van der Waals surface area (Å²) in [7, 11) is 0. The summed E-state index contributed by atoms with van der Waals surface area (Å²) in [6, 6.07) is 12.4. The zero-order chi connectivity index (χ0) is 19.1. The van der Waals surface area contributed by atoms with Gasteiger partial charge in [0.2, 0.25) is 0 Å². The smallest absolute Gasteiger partial charge is 0.287 e. The molecule has 28 heavy (non-hydrogen) atoms. The van der Waals surface area contributed by atoms with Crippen LogP contribution in [0.5, 0.6) is 0 Å². The van der Waals surface area contributed by atoms with E-state index in [1.54, 1.807) is 6.20 Å². The maximum absolute atomic E-state index is 13.0. The molecule has 0 unspecified atom stereocenters. The zero-order valence-electron chi connectivity index (χ0n) is 16.1. The van der Waals surface area contributed by atoms with Crippen LogP contribution in [0.2, 0.25) is 0 Å². The maximum atomic E-state index is 13.0. The molecule has 0 aliphatic carbocycles. The summed E-state index contributed by atoms with van der Waals surface area (Å²) in [4.78, 5) is 19.8. The number of fused-ring (bicyclic) bond motifs is 4. The molecule has 3 aliphatic rings. The Morgan fingerprint density at radius 1 is 1.25 bits per heavy atom. The van der Waals surface area contributed by atoms with Crippen LogP contribution in [0.3, 0.4) is 0 Å². The predicted octanol–water partition coefficient (Wildman–Crippen LogP) is 3.57. The minimum Gasteiger partial charge on any atom is -0.451 e. The van der Waals surface area contributed by atoms with Crippen molar-refractivity contribution < 1.29 is 9.21 Å². The number of aryl methyl sites for hydroxylation is 1. The van der Waals surface area contributed by atoms with Crippen molar-refractivity contribution in [2.75, 3.05) is 13.1 Å². The maximum Gasteiger partial charge on any atom is 0.287 e. The van der Waals surface area contributed by atoms with Crippen LogP contribution in [0.1, 0.15) is 34.5 Å². The summed E-state index contributed by atoms with van der Waals surface area (Å²) in [6.07, 6.45) is 6.94. The topological polar surface area (TPSA) is 58.4 Å². The molecule has 6 rings (SSSR count). The van der Waals surface area contributed by atoms with Gasteiger partial charge in [0.1, 0.15) is 5.58 Å². The summed E-state index contributed by atoms with van der Waals surface area (Å²) in [5, 5.41) is 4.30. The number of nitrogens with one attached hydrogen (secondary N) is 1. The first kappa shape index (κ1) is 17.4.